The summed E-state index contributed by atoms with van der Waals surface area (Å²) in [6, 6.07) is 33.1. The summed E-state index contributed by atoms with van der Waals surface area (Å²) >= 11 is 0. The maximum absolute atomic E-state index is 6.50. The largest absolute Gasteiger partial charge is 0.457 e. The number of hydrogen-bond donors (Lipinski definition) is 0. The highest BCUT2D eigenvalue weighted by Crippen LogP contribution is 2.39. The number of fused-ring (bicyclic) bond motifs is 8. The summed E-state index contributed by atoms with van der Waals surface area (Å²) in [6.45, 7) is 6.56. The number of ether oxygens (including phenoxy) is 1. The molecule has 4 aromatic heterocycles. The zero-order valence-corrected chi connectivity index (χ0v) is 23.1. The van der Waals surface area contributed by atoms with Gasteiger partial charge in [-0.3, -0.25) is 9.55 Å². The van der Waals surface area contributed by atoms with Crippen molar-refractivity contribution in [2.75, 3.05) is 0 Å². The van der Waals surface area contributed by atoms with Crippen LogP contribution >= 0.6 is 0 Å². The van der Waals surface area contributed by atoms with Crippen LogP contribution in [0.4, 0.5) is 0 Å². The Hall–Kier alpha value is -5.16. The highest BCUT2D eigenvalue weighted by Gasteiger charge is 2.19. The summed E-state index contributed by atoms with van der Waals surface area (Å²) in [5.41, 5.74) is 5.80. The summed E-state index contributed by atoms with van der Waals surface area (Å²) in [5, 5.41) is 5.51. The van der Waals surface area contributed by atoms with Gasteiger partial charge in [-0.1, -0.05) is 57.2 Å². The Morgan fingerprint density at radius 3 is 2.32 bits per heavy atom. The van der Waals surface area contributed by atoms with Crippen LogP contribution in [-0.2, 0) is 5.41 Å². The molecular formula is C36H27N3O2. The second-order valence-electron chi connectivity index (χ2n) is 11.6. The van der Waals surface area contributed by atoms with Gasteiger partial charge in [-0.15, -0.1) is 0 Å². The molecule has 0 spiro atoms. The second kappa shape index (κ2) is 8.67. The van der Waals surface area contributed by atoms with Crippen LogP contribution in [0.2, 0.25) is 0 Å². The summed E-state index contributed by atoms with van der Waals surface area (Å²) in [5.74, 6) is 2.39. The molecule has 0 unspecified atom stereocenters. The third kappa shape index (κ3) is 3.77. The zero-order valence-electron chi connectivity index (χ0n) is 23.1. The SMILES string of the molecule is CC(C)(C)c1cnc2c(c1)oc1ccc3ccc(Oc4ccc5c6ccccc6n(-c6ccccn6)c5c4)cc3c12. The zero-order chi connectivity index (χ0) is 27.7. The van der Waals surface area contributed by atoms with E-state index < -0.39 is 0 Å². The lowest BCUT2D eigenvalue weighted by atomic mass is 9.88. The van der Waals surface area contributed by atoms with Crippen molar-refractivity contribution in [3.63, 3.8) is 0 Å². The number of hydrogen-bond acceptors (Lipinski definition) is 4. The summed E-state index contributed by atoms with van der Waals surface area (Å²) in [6.07, 6.45) is 3.79. The quantitative estimate of drug-likeness (QED) is 0.227. The van der Waals surface area contributed by atoms with Crippen molar-refractivity contribution in [1.82, 2.24) is 14.5 Å². The van der Waals surface area contributed by atoms with Crippen molar-refractivity contribution >= 4 is 54.6 Å². The molecule has 4 heterocycles. The predicted octanol–water partition coefficient (Wildman–Crippen LogP) is 9.72. The van der Waals surface area contributed by atoms with Gasteiger partial charge in [-0.2, -0.15) is 0 Å². The maximum atomic E-state index is 6.50. The molecule has 0 amide bonds. The van der Waals surface area contributed by atoms with E-state index >= 15 is 0 Å². The highest BCUT2D eigenvalue weighted by molar-refractivity contribution is 6.17. The highest BCUT2D eigenvalue weighted by atomic mass is 16.5. The molecule has 0 saturated heterocycles. The molecule has 0 radical (unpaired) electrons. The smallest absolute Gasteiger partial charge is 0.154 e. The van der Waals surface area contributed by atoms with Gasteiger partial charge in [-0.05, 0) is 76.3 Å². The number of aromatic nitrogens is 3. The molecule has 0 aliphatic carbocycles. The van der Waals surface area contributed by atoms with Crippen molar-refractivity contribution in [2.24, 2.45) is 0 Å². The van der Waals surface area contributed by atoms with Crippen molar-refractivity contribution < 1.29 is 9.15 Å². The van der Waals surface area contributed by atoms with Gasteiger partial charge in [0.05, 0.1) is 16.4 Å². The number of pyridine rings is 2. The van der Waals surface area contributed by atoms with E-state index in [0.717, 1.165) is 72.1 Å². The fraction of sp³-hybridized carbons (Fsp3) is 0.111. The van der Waals surface area contributed by atoms with Crippen molar-refractivity contribution in [3.05, 3.63) is 115 Å². The standard InChI is InChI=1S/C36H27N3O2/c1-36(2,3)23-18-32-35(38-21-23)34-28-19-24(13-11-22(28)12-16-31(34)41-32)40-25-14-15-27-26-8-4-5-9-29(26)39(30(27)20-25)33-10-6-7-17-37-33/h4-21H,1-3H3. The second-order valence-corrected chi connectivity index (χ2v) is 11.6. The Bertz CT molecular complexity index is 2270. The van der Waals surface area contributed by atoms with Gasteiger partial charge in [0.25, 0.3) is 0 Å². The average molecular weight is 534 g/mol. The van der Waals surface area contributed by atoms with Crippen molar-refractivity contribution in [3.8, 4) is 17.3 Å². The molecule has 0 aliphatic heterocycles. The minimum Gasteiger partial charge on any atom is -0.457 e. The Morgan fingerprint density at radius 2 is 1.46 bits per heavy atom. The van der Waals surface area contributed by atoms with E-state index in [2.05, 4.69) is 91.0 Å². The lowest BCUT2D eigenvalue weighted by molar-refractivity contribution is 0.484. The van der Waals surface area contributed by atoms with E-state index in [-0.39, 0.29) is 5.41 Å². The molecule has 0 fully saturated rings. The topological polar surface area (TPSA) is 53.1 Å². The van der Waals surface area contributed by atoms with Crippen molar-refractivity contribution in [1.29, 1.82) is 0 Å². The molecule has 0 aliphatic rings. The van der Waals surface area contributed by atoms with Crippen LogP contribution in [0.3, 0.4) is 0 Å². The van der Waals surface area contributed by atoms with Gasteiger partial charge in [0.15, 0.2) is 5.58 Å². The van der Waals surface area contributed by atoms with Gasteiger partial charge in [0, 0.05) is 29.2 Å². The lowest BCUT2D eigenvalue weighted by Crippen LogP contribution is -2.10. The van der Waals surface area contributed by atoms with Crippen LogP contribution in [-0.4, -0.2) is 14.5 Å². The molecule has 8 aromatic rings. The number of nitrogens with zero attached hydrogens (tertiary/aromatic N) is 3. The maximum Gasteiger partial charge on any atom is 0.154 e. The van der Waals surface area contributed by atoms with E-state index in [9.17, 15) is 0 Å². The van der Waals surface area contributed by atoms with Gasteiger partial charge in [0.2, 0.25) is 0 Å². The summed E-state index contributed by atoms with van der Waals surface area (Å²) in [7, 11) is 0. The molecule has 0 N–H and O–H groups in total. The molecular weight excluding hydrogens is 506 g/mol. The van der Waals surface area contributed by atoms with Crippen LogP contribution in [0.15, 0.2) is 114 Å². The average Bonchev–Trinajstić information content (AvgIpc) is 3.52. The normalized spacial score (nSPS) is 12.3. The molecule has 0 atom stereocenters. The van der Waals surface area contributed by atoms with Crippen molar-refractivity contribution in [2.45, 2.75) is 26.2 Å². The van der Waals surface area contributed by atoms with Gasteiger partial charge in [-0.25, -0.2) is 4.98 Å². The van der Waals surface area contributed by atoms with E-state index in [1.807, 2.05) is 48.8 Å². The first kappa shape index (κ1) is 23.7. The number of furan rings is 1. The molecule has 8 rings (SSSR count). The molecule has 4 aromatic carbocycles. The van der Waals surface area contributed by atoms with Gasteiger partial charge < -0.3 is 9.15 Å². The third-order valence-corrected chi connectivity index (χ3v) is 7.89. The minimum absolute atomic E-state index is 0.00732. The number of para-hydroxylation sites is 1. The Balaban J connectivity index is 1.26. The fourth-order valence-electron chi connectivity index (χ4n) is 5.79. The van der Waals surface area contributed by atoms with Crippen LogP contribution in [0.25, 0.3) is 60.5 Å². The van der Waals surface area contributed by atoms with E-state index in [4.69, 9.17) is 14.1 Å². The van der Waals surface area contributed by atoms with Gasteiger partial charge in [0.1, 0.15) is 28.4 Å². The molecule has 5 heteroatoms. The van der Waals surface area contributed by atoms with Gasteiger partial charge >= 0.3 is 0 Å². The van der Waals surface area contributed by atoms with E-state index in [1.54, 1.807) is 0 Å². The lowest BCUT2D eigenvalue weighted by Gasteiger charge is -2.17. The first-order valence-electron chi connectivity index (χ1n) is 13.8. The first-order valence-corrected chi connectivity index (χ1v) is 13.8. The molecule has 0 bridgehead atoms. The molecule has 5 nitrogen and oxygen atoms in total. The Morgan fingerprint density at radius 1 is 0.683 bits per heavy atom. The van der Waals surface area contributed by atoms with Crippen LogP contribution in [0, 0.1) is 0 Å². The minimum atomic E-state index is -0.00732. The van der Waals surface area contributed by atoms with E-state index in [1.165, 1.54) is 5.39 Å². The van der Waals surface area contributed by atoms with Crippen LogP contribution in [0.5, 0.6) is 11.5 Å². The van der Waals surface area contributed by atoms with Crippen LogP contribution < -0.4 is 4.74 Å². The molecule has 198 valence electrons. The fourth-order valence-corrected chi connectivity index (χ4v) is 5.79. The summed E-state index contributed by atoms with van der Waals surface area (Å²) in [4.78, 5) is 9.49. The van der Waals surface area contributed by atoms with E-state index in [0.29, 0.717) is 0 Å². The Kier molecular flexibility index (Phi) is 5.01. The first-order chi connectivity index (χ1) is 19.9. The molecule has 41 heavy (non-hydrogen) atoms. The molecule has 0 saturated carbocycles. The summed E-state index contributed by atoms with van der Waals surface area (Å²) < 4.78 is 15.0. The Labute approximate surface area is 236 Å². The number of rotatable bonds is 3. The number of benzene rings is 4. The van der Waals surface area contributed by atoms with Crippen LogP contribution in [0.1, 0.15) is 26.3 Å². The third-order valence-electron chi connectivity index (χ3n) is 7.89. The monoisotopic (exact) mass is 533 g/mol. The predicted molar refractivity (Wildman–Crippen MR) is 166 cm³/mol.